The van der Waals surface area contributed by atoms with Gasteiger partial charge in [0.05, 0.1) is 12.8 Å². The van der Waals surface area contributed by atoms with Crippen molar-refractivity contribution in [1.29, 1.82) is 0 Å². The van der Waals surface area contributed by atoms with E-state index in [1.165, 1.54) is 5.56 Å². The molecule has 1 amide bonds. The number of amides is 1. The van der Waals surface area contributed by atoms with Gasteiger partial charge in [-0.15, -0.1) is 0 Å². The molecule has 2 aromatic heterocycles. The van der Waals surface area contributed by atoms with Crippen LogP contribution in [0.2, 0.25) is 0 Å². The molecule has 4 heteroatoms. The number of hydrogen-bond acceptors (Lipinski definition) is 2. The minimum Gasteiger partial charge on any atom is -0.467 e. The molecule has 0 spiro atoms. The van der Waals surface area contributed by atoms with Gasteiger partial charge in [-0.1, -0.05) is 12.1 Å². The second-order valence-corrected chi connectivity index (χ2v) is 5.01. The molecule has 0 unspecified atom stereocenters. The number of benzene rings is 1. The first kappa shape index (κ1) is 12.5. The van der Waals surface area contributed by atoms with Crippen LogP contribution >= 0.6 is 0 Å². The average Bonchev–Trinajstić information content (AvgIpc) is 3.06. The van der Waals surface area contributed by atoms with Crippen molar-refractivity contribution in [3.05, 3.63) is 59.7 Å². The Morgan fingerprint density at radius 2 is 2.15 bits per heavy atom. The van der Waals surface area contributed by atoms with Crippen LogP contribution in [0.4, 0.5) is 0 Å². The maximum Gasteiger partial charge on any atom is 0.270 e. The summed E-state index contributed by atoms with van der Waals surface area (Å²) in [6, 6.07) is 11.7. The van der Waals surface area contributed by atoms with Crippen LogP contribution in [-0.2, 0) is 6.54 Å². The maximum atomic E-state index is 12.4. The number of carbonyl (C=O) groups excluding carboxylic acids is 1. The zero-order valence-electron chi connectivity index (χ0n) is 11.5. The Morgan fingerprint density at radius 1 is 1.30 bits per heavy atom. The Hall–Kier alpha value is -2.49. The van der Waals surface area contributed by atoms with E-state index in [1.807, 2.05) is 43.3 Å². The highest BCUT2D eigenvalue weighted by Crippen LogP contribution is 2.18. The topological polar surface area (TPSA) is 49.2 Å². The fourth-order valence-electron chi connectivity index (χ4n) is 2.27. The van der Waals surface area contributed by atoms with E-state index in [9.17, 15) is 4.79 Å². The number of aryl methyl sites for hydroxylation is 1. The first-order valence-corrected chi connectivity index (χ1v) is 6.51. The molecule has 1 N–H and O–H groups in total. The highest BCUT2D eigenvalue weighted by atomic mass is 16.3. The first-order valence-electron chi connectivity index (χ1n) is 6.51. The van der Waals surface area contributed by atoms with Gasteiger partial charge in [0.2, 0.25) is 0 Å². The molecule has 3 aromatic rings. The van der Waals surface area contributed by atoms with Gasteiger partial charge in [0.1, 0.15) is 11.5 Å². The molecule has 0 saturated heterocycles. The molecule has 102 valence electrons. The molecular weight excluding hydrogens is 252 g/mol. The molecule has 4 nitrogen and oxygen atoms in total. The van der Waals surface area contributed by atoms with Crippen molar-refractivity contribution in [2.24, 2.45) is 0 Å². The summed E-state index contributed by atoms with van der Waals surface area (Å²) in [5.41, 5.74) is 2.75. The van der Waals surface area contributed by atoms with Crippen molar-refractivity contribution < 1.29 is 9.21 Å². The molecule has 0 aliphatic heterocycles. The number of fused-ring (bicyclic) bond motifs is 1. The number of carbonyl (C=O) groups is 1. The molecule has 2 heterocycles. The molecule has 1 aromatic carbocycles. The maximum absolute atomic E-state index is 12.4. The normalized spacial score (nSPS) is 10.9. The molecule has 0 atom stereocenters. The Kier molecular flexibility index (Phi) is 3.06. The van der Waals surface area contributed by atoms with Crippen molar-refractivity contribution >= 4 is 16.8 Å². The zero-order chi connectivity index (χ0) is 14.1. The van der Waals surface area contributed by atoms with Crippen molar-refractivity contribution in [2.45, 2.75) is 13.5 Å². The summed E-state index contributed by atoms with van der Waals surface area (Å²) in [6.07, 6.45) is 1.61. The third-order valence-electron chi connectivity index (χ3n) is 3.33. The molecule has 0 aliphatic carbocycles. The summed E-state index contributed by atoms with van der Waals surface area (Å²) in [4.78, 5) is 17.2. The van der Waals surface area contributed by atoms with E-state index in [0.29, 0.717) is 12.2 Å². The van der Waals surface area contributed by atoms with Crippen LogP contribution in [0, 0.1) is 6.92 Å². The van der Waals surface area contributed by atoms with Crippen LogP contribution in [0.25, 0.3) is 10.9 Å². The van der Waals surface area contributed by atoms with Gasteiger partial charge in [0.25, 0.3) is 5.91 Å². The standard InChI is InChI=1S/C16H16N2O2/c1-11-5-6-12-9-15(17-14(12)8-11)16(19)18(2)10-13-4-3-7-20-13/h3-9,17H,10H2,1-2H3. The fourth-order valence-corrected chi connectivity index (χ4v) is 2.27. The molecule has 0 radical (unpaired) electrons. The number of nitrogens with zero attached hydrogens (tertiary/aromatic N) is 1. The SMILES string of the molecule is Cc1ccc2cc(C(=O)N(C)Cc3ccco3)[nH]c2c1. The molecule has 0 saturated carbocycles. The van der Waals surface area contributed by atoms with Gasteiger partial charge >= 0.3 is 0 Å². The summed E-state index contributed by atoms with van der Waals surface area (Å²) < 4.78 is 5.26. The van der Waals surface area contributed by atoms with Crippen LogP contribution in [0.3, 0.4) is 0 Å². The number of H-pyrrole nitrogens is 1. The van der Waals surface area contributed by atoms with Gasteiger partial charge < -0.3 is 14.3 Å². The molecule has 3 rings (SSSR count). The molecular formula is C16H16N2O2. The lowest BCUT2D eigenvalue weighted by molar-refractivity contribution is 0.0770. The molecule has 0 bridgehead atoms. The molecule has 20 heavy (non-hydrogen) atoms. The van der Waals surface area contributed by atoms with Gasteiger partial charge in [-0.2, -0.15) is 0 Å². The predicted octanol–water partition coefficient (Wildman–Crippen LogP) is 3.34. The minimum atomic E-state index is -0.0461. The average molecular weight is 268 g/mol. The Labute approximate surface area is 117 Å². The smallest absolute Gasteiger partial charge is 0.270 e. The van der Waals surface area contributed by atoms with Crippen LogP contribution in [-0.4, -0.2) is 22.8 Å². The summed E-state index contributed by atoms with van der Waals surface area (Å²) >= 11 is 0. The number of furan rings is 1. The van der Waals surface area contributed by atoms with E-state index >= 15 is 0 Å². The van der Waals surface area contributed by atoms with E-state index in [1.54, 1.807) is 18.2 Å². The number of aromatic amines is 1. The van der Waals surface area contributed by atoms with Gasteiger partial charge in [-0.05, 0) is 36.8 Å². The van der Waals surface area contributed by atoms with Crippen LogP contribution in [0.1, 0.15) is 21.8 Å². The number of aromatic nitrogens is 1. The van der Waals surface area contributed by atoms with E-state index in [-0.39, 0.29) is 5.91 Å². The second-order valence-electron chi connectivity index (χ2n) is 5.01. The van der Waals surface area contributed by atoms with Crippen molar-refractivity contribution in [3.63, 3.8) is 0 Å². The van der Waals surface area contributed by atoms with Gasteiger partial charge in [0.15, 0.2) is 0 Å². The molecule has 0 aliphatic rings. The fraction of sp³-hybridized carbons (Fsp3) is 0.188. The lowest BCUT2D eigenvalue weighted by Crippen LogP contribution is -2.26. The van der Waals surface area contributed by atoms with Crippen molar-refractivity contribution in [2.75, 3.05) is 7.05 Å². The van der Waals surface area contributed by atoms with Crippen LogP contribution in [0.5, 0.6) is 0 Å². The highest BCUT2D eigenvalue weighted by molar-refractivity contribution is 5.97. The Bertz CT molecular complexity index is 741. The van der Waals surface area contributed by atoms with Gasteiger partial charge in [0, 0.05) is 18.0 Å². The minimum absolute atomic E-state index is 0.0461. The lowest BCUT2D eigenvalue weighted by Gasteiger charge is -2.14. The van der Waals surface area contributed by atoms with Gasteiger partial charge in [-0.3, -0.25) is 4.79 Å². The van der Waals surface area contributed by atoms with E-state index in [2.05, 4.69) is 4.98 Å². The third kappa shape index (κ3) is 2.32. The summed E-state index contributed by atoms with van der Waals surface area (Å²) in [5, 5.41) is 1.05. The van der Waals surface area contributed by atoms with E-state index < -0.39 is 0 Å². The van der Waals surface area contributed by atoms with Crippen molar-refractivity contribution in [3.8, 4) is 0 Å². The van der Waals surface area contributed by atoms with Gasteiger partial charge in [-0.25, -0.2) is 0 Å². The van der Waals surface area contributed by atoms with Crippen LogP contribution in [0.15, 0.2) is 47.1 Å². The third-order valence-corrected chi connectivity index (χ3v) is 3.33. The van der Waals surface area contributed by atoms with Crippen molar-refractivity contribution in [1.82, 2.24) is 9.88 Å². The van der Waals surface area contributed by atoms with E-state index in [4.69, 9.17) is 4.42 Å². The monoisotopic (exact) mass is 268 g/mol. The molecule has 0 fully saturated rings. The number of rotatable bonds is 3. The lowest BCUT2D eigenvalue weighted by atomic mass is 10.2. The Balaban J connectivity index is 1.84. The highest BCUT2D eigenvalue weighted by Gasteiger charge is 2.15. The van der Waals surface area contributed by atoms with Crippen LogP contribution < -0.4 is 0 Å². The number of hydrogen-bond donors (Lipinski definition) is 1. The van der Waals surface area contributed by atoms with E-state index in [0.717, 1.165) is 16.7 Å². The Morgan fingerprint density at radius 3 is 2.90 bits per heavy atom. The summed E-state index contributed by atoms with van der Waals surface area (Å²) in [5.74, 6) is 0.725. The second kappa shape index (κ2) is 4.89. The zero-order valence-corrected chi connectivity index (χ0v) is 11.5. The predicted molar refractivity (Wildman–Crippen MR) is 77.5 cm³/mol. The number of nitrogens with one attached hydrogen (secondary N) is 1. The summed E-state index contributed by atoms with van der Waals surface area (Å²) in [6.45, 7) is 2.49. The first-order chi connectivity index (χ1) is 9.63. The summed E-state index contributed by atoms with van der Waals surface area (Å²) in [7, 11) is 1.77. The largest absolute Gasteiger partial charge is 0.467 e. The quantitative estimate of drug-likeness (QED) is 0.792.